The lowest BCUT2D eigenvalue weighted by molar-refractivity contribution is -0.132. The average Bonchev–Trinajstić information content (AvgIpc) is 3.14. The lowest BCUT2D eigenvalue weighted by Gasteiger charge is -2.24. The molecule has 5 heteroatoms. The van der Waals surface area contributed by atoms with Gasteiger partial charge in [0.25, 0.3) is 0 Å². The molecule has 1 atom stereocenters. The van der Waals surface area contributed by atoms with Crippen molar-refractivity contribution in [2.24, 2.45) is 0 Å². The highest BCUT2D eigenvalue weighted by molar-refractivity contribution is 7.10. The van der Waals surface area contributed by atoms with Gasteiger partial charge in [-0.15, -0.1) is 11.3 Å². The Labute approximate surface area is 116 Å². The SMILES string of the molecule is O=C(CCn1cccn1)N1CCC[C@@H]1c1cccs1. The van der Waals surface area contributed by atoms with Crippen LogP contribution in [0, 0.1) is 0 Å². The Morgan fingerprint density at radius 1 is 1.47 bits per heavy atom. The van der Waals surface area contributed by atoms with Crippen molar-refractivity contribution in [2.45, 2.75) is 31.8 Å². The van der Waals surface area contributed by atoms with Crippen LogP contribution < -0.4 is 0 Å². The third-order valence-corrected chi connectivity index (χ3v) is 4.53. The summed E-state index contributed by atoms with van der Waals surface area (Å²) in [5, 5.41) is 6.22. The normalized spacial score (nSPS) is 18.9. The number of likely N-dealkylation sites (tertiary alicyclic amines) is 1. The molecule has 0 bridgehead atoms. The number of thiophene rings is 1. The van der Waals surface area contributed by atoms with Gasteiger partial charge >= 0.3 is 0 Å². The first-order valence-corrected chi connectivity index (χ1v) is 7.53. The summed E-state index contributed by atoms with van der Waals surface area (Å²) in [4.78, 5) is 15.7. The van der Waals surface area contributed by atoms with E-state index in [1.807, 2.05) is 21.8 Å². The van der Waals surface area contributed by atoms with E-state index in [0.717, 1.165) is 19.4 Å². The number of carbonyl (C=O) groups excluding carboxylic acids is 1. The highest BCUT2D eigenvalue weighted by Crippen LogP contribution is 2.34. The molecule has 0 aromatic carbocycles. The topological polar surface area (TPSA) is 38.1 Å². The van der Waals surface area contributed by atoms with E-state index in [2.05, 4.69) is 22.6 Å². The van der Waals surface area contributed by atoms with Gasteiger partial charge in [0, 0.05) is 36.8 Å². The predicted octanol–water partition coefficient (Wildman–Crippen LogP) is 2.70. The summed E-state index contributed by atoms with van der Waals surface area (Å²) >= 11 is 1.75. The summed E-state index contributed by atoms with van der Waals surface area (Å²) < 4.78 is 1.81. The zero-order valence-corrected chi connectivity index (χ0v) is 11.6. The summed E-state index contributed by atoms with van der Waals surface area (Å²) in [5.41, 5.74) is 0. The second-order valence-electron chi connectivity index (χ2n) is 4.78. The molecule has 1 aliphatic heterocycles. The highest BCUT2D eigenvalue weighted by Gasteiger charge is 2.30. The first kappa shape index (κ1) is 12.4. The monoisotopic (exact) mass is 275 g/mol. The summed E-state index contributed by atoms with van der Waals surface area (Å²) in [6.07, 6.45) is 6.37. The Hall–Kier alpha value is -1.62. The van der Waals surface area contributed by atoms with Gasteiger partial charge in [0.1, 0.15) is 0 Å². The number of hydrogen-bond donors (Lipinski definition) is 0. The number of nitrogens with zero attached hydrogens (tertiary/aromatic N) is 3. The van der Waals surface area contributed by atoms with E-state index < -0.39 is 0 Å². The zero-order chi connectivity index (χ0) is 13.1. The van der Waals surface area contributed by atoms with Gasteiger partial charge in [0.2, 0.25) is 5.91 Å². The zero-order valence-electron chi connectivity index (χ0n) is 10.7. The van der Waals surface area contributed by atoms with E-state index in [4.69, 9.17) is 0 Å². The predicted molar refractivity (Wildman–Crippen MR) is 74.9 cm³/mol. The molecule has 1 fully saturated rings. The van der Waals surface area contributed by atoms with Crippen LogP contribution in [-0.4, -0.2) is 27.1 Å². The number of aromatic nitrogens is 2. The minimum absolute atomic E-state index is 0.242. The van der Waals surface area contributed by atoms with Gasteiger partial charge in [-0.3, -0.25) is 9.48 Å². The Morgan fingerprint density at radius 3 is 3.16 bits per heavy atom. The fraction of sp³-hybridized carbons (Fsp3) is 0.429. The standard InChI is InChI=1S/C14H17N3OS/c18-14(6-10-16-8-3-7-15-16)17-9-1-4-12(17)13-5-2-11-19-13/h2-3,5,7-8,11-12H,1,4,6,9-10H2/t12-/m1/s1. The minimum Gasteiger partial charge on any atom is -0.335 e. The molecule has 0 N–H and O–H groups in total. The molecular weight excluding hydrogens is 258 g/mol. The van der Waals surface area contributed by atoms with E-state index in [1.165, 1.54) is 4.88 Å². The third kappa shape index (κ3) is 2.71. The number of aryl methyl sites for hydroxylation is 1. The summed E-state index contributed by atoms with van der Waals surface area (Å²) in [7, 11) is 0. The molecule has 2 aromatic heterocycles. The smallest absolute Gasteiger partial charge is 0.224 e. The molecule has 100 valence electrons. The minimum atomic E-state index is 0.242. The van der Waals surface area contributed by atoms with Crippen molar-refractivity contribution >= 4 is 17.2 Å². The molecular formula is C14H17N3OS. The maximum atomic E-state index is 12.3. The van der Waals surface area contributed by atoms with Crippen LogP contribution in [0.3, 0.4) is 0 Å². The quantitative estimate of drug-likeness (QED) is 0.860. The first-order valence-electron chi connectivity index (χ1n) is 6.65. The Balaban J connectivity index is 1.62. The molecule has 0 unspecified atom stereocenters. The lowest BCUT2D eigenvalue weighted by atomic mass is 10.2. The van der Waals surface area contributed by atoms with E-state index >= 15 is 0 Å². The Kier molecular flexibility index (Phi) is 3.64. The molecule has 1 saturated heterocycles. The molecule has 3 heterocycles. The average molecular weight is 275 g/mol. The Morgan fingerprint density at radius 2 is 2.42 bits per heavy atom. The first-order chi connectivity index (χ1) is 9.34. The summed E-state index contributed by atoms with van der Waals surface area (Å²) in [6, 6.07) is 6.37. The van der Waals surface area contributed by atoms with Crippen LogP contribution in [0.1, 0.15) is 30.2 Å². The van der Waals surface area contributed by atoms with E-state index in [1.54, 1.807) is 17.5 Å². The number of carbonyl (C=O) groups is 1. The lowest BCUT2D eigenvalue weighted by Crippen LogP contribution is -2.30. The molecule has 0 saturated carbocycles. The fourth-order valence-electron chi connectivity index (χ4n) is 2.63. The largest absolute Gasteiger partial charge is 0.335 e. The van der Waals surface area contributed by atoms with Gasteiger partial charge < -0.3 is 4.90 Å². The maximum Gasteiger partial charge on any atom is 0.224 e. The van der Waals surface area contributed by atoms with Crippen molar-refractivity contribution in [2.75, 3.05) is 6.54 Å². The van der Waals surface area contributed by atoms with Crippen molar-refractivity contribution in [1.29, 1.82) is 0 Å². The third-order valence-electron chi connectivity index (χ3n) is 3.56. The van der Waals surface area contributed by atoms with Crippen LogP contribution >= 0.6 is 11.3 Å². The molecule has 1 amide bonds. The van der Waals surface area contributed by atoms with Crippen LogP contribution in [-0.2, 0) is 11.3 Å². The van der Waals surface area contributed by atoms with E-state index in [9.17, 15) is 4.79 Å². The maximum absolute atomic E-state index is 12.3. The summed E-state index contributed by atoms with van der Waals surface area (Å²) in [5.74, 6) is 0.242. The number of hydrogen-bond acceptors (Lipinski definition) is 3. The van der Waals surface area contributed by atoms with Crippen molar-refractivity contribution < 1.29 is 4.79 Å². The summed E-state index contributed by atoms with van der Waals surface area (Å²) in [6.45, 7) is 1.56. The highest BCUT2D eigenvalue weighted by atomic mass is 32.1. The molecule has 0 radical (unpaired) electrons. The van der Waals surface area contributed by atoms with Crippen LogP contribution in [0.25, 0.3) is 0 Å². The van der Waals surface area contributed by atoms with Gasteiger partial charge in [-0.2, -0.15) is 5.10 Å². The molecule has 4 nitrogen and oxygen atoms in total. The van der Waals surface area contributed by atoms with Crippen LogP contribution in [0.15, 0.2) is 36.0 Å². The second-order valence-corrected chi connectivity index (χ2v) is 5.76. The van der Waals surface area contributed by atoms with E-state index in [-0.39, 0.29) is 5.91 Å². The fourth-order valence-corrected chi connectivity index (χ4v) is 3.50. The Bertz CT molecular complexity index is 521. The van der Waals surface area contributed by atoms with Crippen LogP contribution in [0.2, 0.25) is 0 Å². The van der Waals surface area contributed by atoms with Crippen molar-refractivity contribution in [3.8, 4) is 0 Å². The molecule has 1 aliphatic rings. The van der Waals surface area contributed by atoms with Crippen molar-refractivity contribution in [3.63, 3.8) is 0 Å². The van der Waals surface area contributed by atoms with Gasteiger partial charge in [-0.05, 0) is 30.4 Å². The van der Waals surface area contributed by atoms with Crippen molar-refractivity contribution in [1.82, 2.24) is 14.7 Å². The van der Waals surface area contributed by atoms with Gasteiger partial charge in [0.05, 0.1) is 6.04 Å². The van der Waals surface area contributed by atoms with Gasteiger partial charge in [0.15, 0.2) is 0 Å². The van der Waals surface area contributed by atoms with Crippen molar-refractivity contribution in [3.05, 3.63) is 40.8 Å². The molecule has 0 spiro atoms. The molecule has 2 aromatic rings. The molecule has 0 aliphatic carbocycles. The molecule has 3 rings (SSSR count). The van der Waals surface area contributed by atoms with Crippen LogP contribution in [0.4, 0.5) is 0 Å². The van der Waals surface area contributed by atoms with E-state index in [0.29, 0.717) is 19.0 Å². The van der Waals surface area contributed by atoms with Gasteiger partial charge in [-0.25, -0.2) is 0 Å². The molecule has 19 heavy (non-hydrogen) atoms. The van der Waals surface area contributed by atoms with Gasteiger partial charge in [-0.1, -0.05) is 6.07 Å². The van der Waals surface area contributed by atoms with Crippen LogP contribution in [0.5, 0.6) is 0 Å². The second kappa shape index (κ2) is 5.57. The number of rotatable bonds is 4. The number of amides is 1.